The minimum absolute atomic E-state index is 0.0409. The lowest BCUT2D eigenvalue weighted by molar-refractivity contribution is 0.210. The summed E-state index contributed by atoms with van der Waals surface area (Å²) in [5, 5.41) is 2.67. The molecule has 0 bridgehead atoms. The summed E-state index contributed by atoms with van der Waals surface area (Å²) in [6.07, 6.45) is 2.77. The number of amides is 2. The first-order chi connectivity index (χ1) is 11.1. The van der Waals surface area contributed by atoms with Crippen LogP contribution in [-0.2, 0) is 6.54 Å². The monoisotopic (exact) mass is 316 g/mol. The summed E-state index contributed by atoms with van der Waals surface area (Å²) in [4.78, 5) is 18.1. The van der Waals surface area contributed by atoms with Crippen LogP contribution in [0.2, 0.25) is 0 Å². The third-order valence-corrected chi connectivity index (χ3v) is 4.39. The van der Waals surface area contributed by atoms with Gasteiger partial charge < -0.3 is 14.8 Å². The van der Waals surface area contributed by atoms with E-state index >= 15 is 0 Å². The molecule has 1 unspecified atom stereocenters. The van der Waals surface area contributed by atoms with Crippen molar-refractivity contribution in [2.45, 2.75) is 25.8 Å². The van der Waals surface area contributed by atoms with Crippen molar-refractivity contribution >= 4 is 6.03 Å². The maximum absolute atomic E-state index is 13.1. The van der Waals surface area contributed by atoms with Crippen LogP contribution in [0, 0.1) is 12.7 Å². The number of imidazole rings is 1. The second-order valence-electron chi connectivity index (χ2n) is 5.96. The highest BCUT2D eigenvalue weighted by molar-refractivity contribution is 5.74. The van der Waals surface area contributed by atoms with E-state index in [0.717, 1.165) is 30.0 Å². The van der Waals surface area contributed by atoms with Crippen molar-refractivity contribution in [1.29, 1.82) is 0 Å². The van der Waals surface area contributed by atoms with Gasteiger partial charge in [-0.2, -0.15) is 0 Å². The van der Waals surface area contributed by atoms with Gasteiger partial charge in [-0.25, -0.2) is 14.2 Å². The summed E-state index contributed by atoms with van der Waals surface area (Å²) in [6, 6.07) is 6.50. The number of nitrogens with one attached hydrogen (secondary N) is 1. The predicted molar refractivity (Wildman–Crippen MR) is 85.9 cm³/mol. The molecule has 1 atom stereocenters. The average molecular weight is 316 g/mol. The predicted octanol–water partition coefficient (Wildman–Crippen LogP) is 2.51. The maximum Gasteiger partial charge on any atom is 0.317 e. The molecule has 2 amide bonds. The Balaban J connectivity index is 1.79. The molecule has 1 aromatic heterocycles. The number of hydrogen-bond acceptors (Lipinski definition) is 2. The third-order valence-electron chi connectivity index (χ3n) is 4.39. The lowest BCUT2D eigenvalue weighted by Gasteiger charge is -2.17. The third kappa shape index (κ3) is 3.21. The standard InChI is InChI=1S/C17H21FN4O/c1-12-9-20-16(14-7-8-21(11-14)17(23)19-2)22(12)10-13-3-5-15(18)6-4-13/h3-6,9,14H,7-8,10-11H2,1-2H3,(H,19,23). The quantitative estimate of drug-likeness (QED) is 0.946. The first kappa shape index (κ1) is 15.5. The molecule has 122 valence electrons. The fourth-order valence-corrected chi connectivity index (χ4v) is 3.10. The second-order valence-corrected chi connectivity index (χ2v) is 5.96. The number of nitrogens with zero attached hydrogens (tertiary/aromatic N) is 3. The minimum atomic E-state index is -0.228. The number of halogens is 1. The molecule has 1 fully saturated rings. The summed E-state index contributed by atoms with van der Waals surface area (Å²) in [5.41, 5.74) is 2.11. The number of benzene rings is 1. The summed E-state index contributed by atoms with van der Waals surface area (Å²) < 4.78 is 15.2. The zero-order chi connectivity index (χ0) is 16.4. The van der Waals surface area contributed by atoms with Crippen LogP contribution < -0.4 is 5.32 Å². The van der Waals surface area contributed by atoms with Crippen LogP contribution in [0.1, 0.15) is 29.4 Å². The fourth-order valence-electron chi connectivity index (χ4n) is 3.10. The molecule has 5 nitrogen and oxygen atoms in total. The van der Waals surface area contributed by atoms with Crippen molar-refractivity contribution in [2.75, 3.05) is 20.1 Å². The number of carbonyl (C=O) groups excluding carboxylic acids is 1. The van der Waals surface area contributed by atoms with Crippen molar-refractivity contribution < 1.29 is 9.18 Å². The smallest absolute Gasteiger partial charge is 0.317 e. The van der Waals surface area contributed by atoms with E-state index in [1.54, 1.807) is 19.2 Å². The van der Waals surface area contributed by atoms with Gasteiger partial charge >= 0.3 is 6.03 Å². The van der Waals surface area contributed by atoms with Crippen LogP contribution in [0.5, 0.6) is 0 Å². The topological polar surface area (TPSA) is 50.2 Å². The molecule has 2 heterocycles. The molecule has 1 N–H and O–H groups in total. The molecule has 1 saturated heterocycles. The lowest BCUT2D eigenvalue weighted by atomic mass is 10.1. The van der Waals surface area contributed by atoms with E-state index in [0.29, 0.717) is 13.1 Å². The molecule has 1 aliphatic rings. The van der Waals surface area contributed by atoms with E-state index in [9.17, 15) is 9.18 Å². The first-order valence-corrected chi connectivity index (χ1v) is 7.81. The highest BCUT2D eigenvalue weighted by Crippen LogP contribution is 2.27. The van der Waals surface area contributed by atoms with Gasteiger partial charge in [-0.3, -0.25) is 0 Å². The minimum Gasteiger partial charge on any atom is -0.341 e. The van der Waals surface area contributed by atoms with Gasteiger partial charge in [-0.15, -0.1) is 0 Å². The van der Waals surface area contributed by atoms with Gasteiger partial charge in [0.1, 0.15) is 11.6 Å². The molecule has 0 aliphatic carbocycles. The molecular weight excluding hydrogens is 295 g/mol. The van der Waals surface area contributed by atoms with Crippen LogP contribution in [0.4, 0.5) is 9.18 Å². The van der Waals surface area contributed by atoms with Crippen LogP contribution >= 0.6 is 0 Å². The van der Waals surface area contributed by atoms with Crippen molar-refractivity contribution in [3.05, 3.63) is 53.4 Å². The number of carbonyl (C=O) groups is 1. The van der Waals surface area contributed by atoms with Gasteiger partial charge in [0.2, 0.25) is 0 Å². The maximum atomic E-state index is 13.1. The highest BCUT2D eigenvalue weighted by Gasteiger charge is 2.30. The fraction of sp³-hybridized carbons (Fsp3) is 0.412. The van der Waals surface area contributed by atoms with E-state index in [1.807, 2.05) is 18.0 Å². The van der Waals surface area contributed by atoms with Crippen LogP contribution in [-0.4, -0.2) is 40.6 Å². The summed E-state index contributed by atoms with van der Waals surface area (Å²) in [5.74, 6) is 1.01. The Labute approximate surface area is 135 Å². The number of aryl methyl sites for hydroxylation is 1. The summed E-state index contributed by atoms with van der Waals surface area (Å²) in [7, 11) is 1.65. The highest BCUT2D eigenvalue weighted by atomic mass is 19.1. The first-order valence-electron chi connectivity index (χ1n) is 7.81. The Kier molecular flexibility index (Phi) is 4.32. The van der Waals surface area contributed by atoms with Crippen LogP contribution in [0.15, 0.2) is 30.5 Å². The van der Waals surface area contributed by atoms with Gasteiger partial charge in [0.25, 0.3) is 0 Å². The van der Waals surface area contributed by atoms with Gasteiger partial charge in [-0.1, -0.05) is 12.1 Å². The number of aromatic nitrogens is 2. The van der Waals surface area contributed by atoms with Crippen molar-refractivity contribution in [3.8, 4) is 0 Å². The Hall–Kier alpha value is -2.37. The SMILES string of the molecule is CNC(=O)N1CCC(c2ncc(C)n2Cc2ccc(F)cc2)C1. The molecular formula is C17H21FN4O. The molecule has 3 rings (SSSR count). The molecule has 0 saturated carbocycles. The lowest BCUT2D eigenvalue weighted by Crippen LogP contribution is -2.36. The number of rotatable bonds is 3. The Bertz CT molecular complexity index is 695. The van der Waals surface area contributed by atoms with E-state index in [1.165, 1.54) is 12.1 Å². The zero-order valence-corrected chi connectivity index (χ0v) is 13.4. The number of urea groups is 1. The zero-order valence-electron chi connectivity index (χ0n) is 13.4. The van der Waals surface area contributed by atoms with E-state index in [2.05, 4.69) is 14.9 Å². The Morgan fingerprint density at radius 3 is 2.83 bits per heavy atom. The molecule has 0 radical (unpaired) electrons. The summed E-state index contributed by atoms with van der Waals surface area (Å²) >= 11 is 0. The molecule has 0 spiro atoms. The van der Waals surface area contributed by atoms with Crippen molar-refractivity contribution in [1.82, 2.24) is 19.8 Å². The normalized spacial score (nSPS) is 17.5. The van der Waals surface area contributed by atoms with Crippen molar-refractivity contribution in [3.63, 3.8) is 0 Å². The van der Waals surface area contributed by atoms with Crippen molar-refractivity contribution in [2.24, 2.45) is 0 Å². The van der Waals surface area contributed by atoms with Crippen LogP contribution in [0.3, 0.4) is 0 Å². The van der Waals surface area contributed by atoms with E-state index in [-0.39, 0.29) is 17.8 Å². The Morgan fingerprint density at radius 2 is 2.13 bits per heavy atom. The molecule has 1 aromatic carbocycles. The van der Waals surface area contributed by atoms with Gasteiger partial charge in [0, 0.05) is 44.5 Å². The second kappa shape index (κ2) is 6.40. The van der Waals surface area contributed by atoms with Crippen LogP contribution in [0.25, 0.3) is 0 Å². The molecule has 1 aliphatic heterocycles. The van der Waals surface area contributed by atoms with Gasteiger partial charge in [0.15, 0.2) is 0 Å². The number of hydrogen-bond donors (Lipinski definition) is 1. The van der Waals surface area contributed by atoms with E-state index < -0.39 is 0 Å². The molecule has 23 heavy (non-hydrogen) atoms. The largest absolute Gasteiger partial charge is 0.341 e. The molecule has 2 aromatic rings. The van der Waals surface area contributed by atoms with E-state index in [4.69, 9.17) is 0 Å². The summed E-state index contributed by atoms with van der Waals surface area (Å²) in [6.45, 7) is 4.11. The molecule has 6 heteroatoms. The number of likely N-dealkylation sites (tertiary alicyclic amines) is 1. The average Bonchev–Trinajstić information content (AvgIpc) is 3.16. The Morgan fingerprint density at radius 1 is 1.39 bits per heavy atom. The van der Waals surface area contributed by atoms with Gasteiger partial charge in [0.05, 0.1) is 0 Å². The van der Waals surface area contributed by atoms with Gasteiger partial charge in [-0.05, 0) is 31.0 Å².